The fourth-order valence-electron chi connectivity index (χ4n) is 4.07. The van der Waals surface area contributed by atoms with Gasteiger partial charge in [-0.05, 0) is 69.6 Å². The molecule has 0 aromatic heterocycles. The van der Waals surface area contributed by atoms with Crippen LogP contribution >= 0.6 is 0 Å². The molecule has 0 atom stereocenters. The van der Waals surface area contributed by atoms with Crippen LogP contribution in [-0.2, 0) is 19.1 Å². The highest BCUT2D eigenvalue weighted by Gasteiger charge is 2.31. The Morgan fingerprint density at radius 1 is 0.714 bits per heavy atom. The first kappa shape index (κ1) is 16.3. The van der Waals surface area contributed by atoms with Gasteiger partial charge in [0, 0.05) is 0 Å². The molecule has 2 rings (SSSR count). The zero-order valence-electron chi connectivity index (χ0n) is 13.3. The lowest BCUT2D eigenvalue weighted by Gasteiger charge is -2.32. The Morgan fingerprint density at radius 2 is 1.05 bits per heavy atom. The second-order valence-electron chi connectivity index (χ2n) is 6.72. The summed E-state index contributed by atoms with van der Waals surface area (Å²) >= 11 is 0. The highest BCUT2D eigenvalue weighted by Crippen LogP contribution is 2.38. The Labute approximate surface area is 127 Å². The van der Waals surface area contributed by atoms with Crippen molar-refractivity contribution in [1.82, 2.24) is 0 Å². The van der Waals surface area contributed by atoms with Crippen LogP contribution < -0.4 is 0 Å². The molecule has 0 unspecified atom stereocenters. The van der Waals surface area contributed by atoms with E-state index in [2.05, 4.69) is 0 Å². The molecular formula is C17H28O4. The molecule has 0 saturated heterocycles. The van der Waals surface area contributed by atoms with Crippen molar-refractivity contribution in [2.24, 2.45) is 23.7 Å². The fourth-order valence-corrected chi connectivity index (χ4v) is 4.07. The molecule has 0 radical (unpaired) electrons. The highest BCUT2D eigenvalue weighted by molar-refractivity contribution is 5.72. The summed E-state index contributed by atoms with van der Waals surface area (Å²) in [4.78, 5) is 23.1. The molecule has 0 N–H and O–H groups in total. The maximum Gasteiger partial charge on any atom is 0.308 e. The van der Waals surface area contributed by atoms with Crippen molar-refractivity contribution in [3.05, 3.63) is 0 Å². The van der Waals surface area contributed by atoms with E-state index in [-0.39, 0.29) is 23.8 Å². The fraction of sp³-hybridized carbons (Fsp3) is 0.882. The molecule has 0 aromatic rings. The molecule has 0 aliphatic heterocycles. The molecular weight excluding hydrogens is 268 g/mol. The molecule has 0 bridgehead atoms. The molecule has 120 valence electrons. The minimum Gasteiger partial charge on any atom is -0.469 e. The number of hydrogen-bond donors (Lipinski definition) is 0. The zero-order valence-corrected chi connectivity index (χ0v) is 13.3. The maximum absolute atomic E-state index is 11.5. The van der Waals surface area contributed by atoms with Crippen molar-refractivity contribution < 1.29 is 19.1 Å². The first-order valence-electron chi connectivity index (χ1n) is 8.29. The van der Waals surface area contributed by atoms with Gasteiger partial charge in [0.15, 0.2) is 0 Å². The second kappa shape index (κ2) is 7.81. The van der Waals surface area contributed by atoms with Crippen LogP contribution in [0.5, 0.6) is 0 Å². The Kier molecular flexibility index (Phi) is 6.07. The van der Waals surface area contributed by atoms with Crippen molar-refractivity contribution in [2.75, 3.05) is 14.2 Å². The van der Waals surface area contributed by atoms with Gasteiger partial charge in [-0.15, -0.1) is 0 Å². The van der Waals surface area contributed by atoms with E-state index in [0.29, 0.717) is 0 Å². The summed E-state index contributed by atoms with van der Waals surface area (Å²) in [6.07, 6.45) is 9.79. The third kappa shape index (κ3) is 4.45. The van der Waals surface area contributed by atoms with E-state index in [1.807, 2.05) is 0 Å². The van der Waals surface area contributed by atoms with E-state index < -0.39 is 0 Å². The monoisotopic (exact) mass is 296 g/mol. The minimum absolute atomic E-state index is 0.0352. The van der Waals surface area contributed by atoms with Crippen LogP contribution in [0.3, 0.4) is 0 Å². The molecule has 4 nitrogen and oxygen atoms in total. The van der Waals surface area contributed by atoms with Crippen LogP contribution in [0, 0.1) is 23.7 Å². The van der Waals surface area contributed by atoms with Gasteiger partial charge >= 0.3 is 11.9 Å². The van der Waals surface area contributed by atoms with E-state index in [9.17, 15) is 9.59 Å². The van der Waals surface area contributed by atoms with Gasteiger partial charge in [0.05, 0.1) is 26.1 Å². The van der Waals surface area contributed by atoms with E-state index >= 15 is 0 Å². The molecule has 2 aliphatic carbocycles. The van der Waals surface area contributed by atoms with Crippen molar-refractivity contribution in [2.45, 2.75) is 57.8 Å². The lowest BCUT2D eigenvalue weighted by atomic mass is 9.73. The quantitative estimate of drug-likeness (QED) is 0.747. The van der Waals surface area contributed by atoms with Gasteiger partial charge in [0.25, 0.3) is 0 Å². The topological polar surface area (TPSA) is 52.6 Å². The summed E-state index contributed by atoms with van der Waals surface area (Å²) < 4.78 is 9.67. The normalized spacial score (nSPS) is 33.2. The summed E-state index contributed by atoms with van der Waals surface area (Å²) in [7, 11) is 2.96. The van der Waals surface area contributed by atoms with E-state index in [4.69, 9.17) is 9.47 Å². The predicted molar refractivity (Wildman–Crippen MR) is 79.5 cm³/mol. The minimum atomic E-state index is -0.0352. The molecule has 0 aromatic carbocycles. The number of methoxy groups -OCH3 is 2. The summed E-state index contributed by atoms with van der Waals surface area (Å²) in [5.74, 6) is 1.69. The number of carbonyl (C=O) groups is 2. The lowest BCUT2D eigenvalue weighted by molar-refractivity contribution is -0.147. The summed E-state index contributed by atoms with van der Waals surface area (Å²) in [6.45, 7) is 0. The standard InChI is InChI=1S/C17H28O4/c1-20-16(18)14-7-3-12(4-8-14)11-13-5-9-15(10-6-13)17(19)21-2/h12-15H,3-11H2,1-2H3. The molecule has 2 saturated carbocycles. The van der Waals surface area contributed by atoms with Gasteiger partial charge in [-0.1, -0.05) is 0 Å². The largest absolute Gasteiger partial charge is 0.469 e. The number of rotatable bonds is 4. The zero-order chi connectivity index (χ0) is 15.2. The van der Waals surface area contributed by atoms with Gasteiger partial charge in [-0.2, -0.15) is 0 Å². The van der Waals surface area contributed by atoms with Crippen LogP contribution in [0.1, 0.15) is 57.8 Å². The smallest absolute Gasteiger partial charge is 0.308 e. The van der Waals surface area contributed by atoms with Gasteiger partial charge in [-0.3, -0.25) is 9.59 Å². The van der Waals surface area contributed by atoms with Gasteiger partial charge in [0.1, 0.15) is 0 Å². The van der Waals surface area contributed by atoms with Crippen LogP contribution in [0.2, 0.25) is 0 Å². The van der Waals surface area contributed by atoms with Gasteiger partial charge < -0.3 is 9.47 Å². The molecule has 0 amide bonds. The first-order valence-corrected chi connectivity index (χ1v) is 8.29. The Bertz CT molecular complexity index is 316. The average molecular weight is 296 g/mol. The first-order chi connectivity index (χ1) is 10.1. The molecule has 21 heavy (non-hydrogen) atoms. The van der Waals surface area contributed by atoms with Crippen LogP contribution in [0.4, 0.5) is 0 Å². The van der Waals surface area contributed by atoms with Crippen LogP contribution in [0.25, 0.3) is 0 Å². The molecule has 0 heterocycles. The van der Waals surface area contributed by atoms with Crippen LogP contribution in [-0.4, -0.2) is 26.2 Å². The highest BCUT2D eigenvalue weighted by atomic mass is 16.5. The summed E-state index contributed by atoms with van der Waals surface area (Å²) in [6, 6.07) is 0. The number of ether oxygens (including phenoxy) is 2. The number of carbonyl (C=O) groups excluding carboxylic acids is 2. The van der Waals surface area contributed by atoms with Gasteiger partial charge in [-0.25, -0.2) is 0 Å². The Hall–Kier alpha value is -1.06. The third-order valence-corrected chi connectivity index (χ3v) is 5.43. The average Bonchev–Trinajstić information content (AvgIpc) is 2.55. The Balaban J connectivity index is 1.68. The van der Waals surface area contributed by atoms with Crippen molar-refractivity contribution in [1.29, 1.82) is 0 Å². The van der Waals surface area contributed by atoms with E-state index in [1.54, 1.807) is 0 Å². The van der Waals surface area contributed by atoms with Gasteiger partial charge in [0.2, 0.25) is 0 Å². The Morgan fingerprint density at radius 3 is 1.33 bits per heavy atom. The molecule has 4 heteroatoms. The predicted octanol–water partition coefficient (Wildman–Crippen LogP) is 3.34. The van der Waals surface area contributed by atoms with E-state index in [1.165, 1.54) is 20.6 Å². The van der Waals surface area contributed by atoms with Crippen molar-refractivity contribution in [3.63, 3.8) is 0 Å². The number of hydrogen-bond acceptors (Lipinski definition) is 4. The second-order valence-corrected chi connectivity index (χ2v) is 6.72. The molecule has 2 fully saturated rings. The van der Waals surface area contributed by atoms with Crippen molar-refractivity contribution >= 4 is 11.9 Å². The third-order valence-electron chi connectivity index (χ3n) is 5.43. The summed E-state index contributed by atoms with van der Waals surface area (Å²) in [5.41, 5.74) is 0. The maximum atomic E-state index is 11.5. The summed E-state index contributed by atoms with van der Waals surface area (Å²) in [5, 5.41) is 0. The SMILES string of the molecule is COC(=O)C1CCC(CC2CCC(C(=O)OC)CC2)CC1. The van der Waals surface area contributed by atoms with Crippen LogP contribution in [0.15, 0.2) is 0 Å². The van der Waals surface area contributed by atoms with E-state index in [0.717, 1.165) is 63.2 Å². The molecule has 2 aliphatic rings. The molecule has 0 spiro atoms. The number of esters is 2. The van der Waals surface area contributed by atoms with Crippen molar-refractivity contribution in [3.8, 4) is 0 Å². The lowest BCUT2D eigenvalue weighted by Crippen LogP contribution is -2.26.